The summed E-state index contributed by atoms with van der Waals surface area (Å²) in [6.07, 6.45) is 0. The van der Waals surface area contributed by atoms with Gasteiger partial charge < -0.3 is 4.98 Å². The quantitative estimate of drug-likeness (QED) is 0.654. The molecular formula is C16H23NS. The Morgan fingerprint density at radius 3 is 1.72 bits per heavy atom. The zero-order chi connectivity index (χ0) is 13.9. The number of nitrogens with one attached hydrogen (secondary N) is 1. The molecule has 1 heterocycles. The Morgan fingerprint density at radius 1 is 0.833 bits per heavy atom. The molecule has 2 rings (SSSR count). The zero-order valence-electron chi connectivity index (χ0n) is 12.2. The van der Waals surface area contributed by atoms with Crippen LogP contribution in [0, 0.1) is 27.7 Å². The van der Waals surface area contributed by atoms with Crippen molar-refractivity contribution in [3.05, 3.63) is 40.5 Å². The molecule has 0 spiro atoms. The summed E-state index contributed by atoms with van der Waals surface area (Å²) in [5.74, 6) is 0. The topological polar surface area (TPSA) is 15.8 Å². The highest BCUT2D eigenvalue weighted by Crippen LogP contribution is 2.29. The number of H-pyrrole nitrogens is 1. The lowest BCUT2D eigenvalue weighted by molar-refractivity contribution is 1.17. The van der Waals surface area contributed by atoms with E-state index in [4.69, 9.17) is 0 Å². The molecule has 2 heteroatoms. The molecule has 1 aromatic carbocycles. The second kappa shape index (κ2) is 6.14. The van der Waals surface area contributed by atoms with Crippen LogP contribution < -0.4 is 0 Å². The molecule has 98 valence electrons. The summed E-state index contributed by atoms with van der Waals surface area (Å²) in [5, 5.41) is 0.964. The van der Waals surface area contributed by atoms with Crippen LogP contribution in [0.4, 0.5) is 0 Å². The Kier molecular flexibility index (Phi) is 5.09. The summed E-state index contributed by atoms with van der Waals surface area (Å²) >= 11 is 4.43. The Morgan fingerprint density at radius 2 is 1.33 bits per heavy atom. The zero-order valence-corrected chi connectivity index (χ0v) is 13.1. The number of benzene rings is 1. The third-order valence-corrected chi connectivity index (χ3v) is 3.49. The summed E-state index contributed by atoms with van der Waals surface area (Å²) in [5.41, 5.74) is 7.55. The highest BCUT2D eigenvalue weighted by atomic mass is 32.1. The molecule has 1 aromatic heterocycles. The monoisotopic (exact) mass is 261 g/mol. The van der Waals surface area contributed by atoms with Crippen LogP contribution in [0.2, 0.25) is 0 Å². The number of aromatic amines is 1. The van der Waals surface area contributed by atoms with Crippen LogP contribution >= 0.6 is 12.6 Å². The van der Waals surface area contributed by atoms with Gasteiger partial charge in [0.05, 0.1) is 5.03 Å². The Balaban J connectivity index is 0.000000771. The molecule has 18 heavy (non-hydrogen) atoms. The first kappa shape index (κ1) is 14.9. The van der Waals surface area contributed by atoms with Gasteiger partial charge in [0, 0.05) is 5.69 Å². The smallest absolute Gasteiger partial charge is 0.0727 e. The van der Waals surface area contributed by atoms with E-state index in [-0.39, 0.29) is 0 Å². The molecule has 0 aliphatic heterocycles. The van der Waals surface area contributed by atoms with E-state index in [1.54, 1.807) is 0 Å². The molecule has 0 saturated carbocycles. The van der Waals surface area contributed by atoms with E-state index in [1.165, 1.54) is 33.5 Å². The van der Waals surface area contributed by atoms with Crippen molar-refractivity contribution in [3.63, 3.8) is 0 Å². The van der Waals surface area contributed by atoms with E-state index in [0.29, 0.717) is 0 Å². The minimum Gasteiger partial charge on any atom is -0.349 e. The van der Waals surface area contributed by atoms with Crippen molar-refractivity contribution in [2.45, 2.75) is 46.6 Å². The number of aromatic nitrogens is 1. The minimum atomic E-state index is 0.964. The van der Waals surface area contributed by atoms with Crippen LogP contribution in [0.5, 0.6) is 0 Å². The van der Waals surface area contributed by atoms with Crippen LogP contribution in [0.3, 0.4) is 0 Å². The van der Waals surface area contributed by atoms with Gasteiger partial charge in [0.1, 0.15) is 0 Å². The molecule has 2 aromatic rings. The lowest BCUT2D eigenvalue weighted by atomic mass is 10.0. The Hall–Kier alpha value is -1.15. The van der Waals surface area contributed by atoms with Gasteiger partial charge in [0.25, 0.3) is 0 Å². The highest BCUT2D eigenvalue weighted by Gasteiger charge is 2.10. The van der Waals surface area contributed by atoms with Crippen molar-refractivity contribution in [2.75, 3.05) is 0 Å². The van der Waals surface area contributed by atoms with Crippen molar-refractivity contribution < 1.29 is 0 Å². The number of rotatable bonds is 1. The summed E-state index contributed by atoms with van der Waals surface area (Å²) in [7, 11) is 0. The van der Waals surface area contributed by atoms with E-state index in [2.05, 4.69) is 63.5 Å². The fourth-order valence-electron chi connectivity index (χ4n) is 2.08. The summed E-state index contributed by atoms with van der Waals surface area (Å²) in [6, 6.07) is 6.60. The standard InChI is InChI=1S/C14H17NS.C2H6/c1-8-5-9(2)7-12(6-8)13-10(3)11(4)14(16)15-13;1-2/h5-7,15-16H,1-4H3;1-2H3. The van der Waals surface area contributed by atoms with Crippen molar-refractivity contribution in [1.82, 2.24) is 4.98 Å². The second-order valence-electron chi connectivity index (χ2n) is 4.47. The van der Waals surface area contributed by atoms with Crippen LogP contribution in [0.25, 0.3) is 11.3 Å². The maximum absolute atomic E-state index is 4.43. The SMILES string of the molecule is CC.Cc1cc(C)cc(-c2[nH]c(S)c(C)c2C)c1. The summed E-state index contributed by atoms with van der Waals surface area (Å²) in [6.45, 7) is 12.5. The van der Waals surface area contributed by atoms with Gasteiger partial charge in [-0.2, -0.15) is 0 Å². The normalized spacial score (nSPS) is 9.94. The average Bonchev–Trinajstić information content (AvgIpc) is 2.58. The first-order chi connectivity index (χ1) is 8.49. The summed E-state index contributed by atoms with van der Waals surface area (Å²) < 4.78 is 0. The minimum absolute atomic E-state index is 0.964. The second-order valence-corrected chi connectivity index (χ2v) is 4.92. The third-order valence-electron chi connectivity index (χ3n) is 3.05. The maximum atomic E-state index is 4.43. The summed E-state index contributed by atoms with van der Waals surface area (Å²) in [4.78, 5) is 3.35. The van der Waals surface area contributed by atoms with Gasteiger partial charge in [-0.05, 0) is 56.5 Å². The number of aryl methyl sites for hydroxylation is 2. The molecule has 1 nitrogen and oxygen atoms in total. The fraction of sp³-hybridized carbons (Fsp3) is 0.375. The van der Waals surface area contributed by atoms with Crippen molar-refractivity contribution in [2.24, 2.45) is 0 Å². The van der Waals surface area contributed by atoms with Crippen molar-refractivity contribution >= 4 is 12.6 Å². The van der Waals surface area contributed by atoms with Gasteiger partial charge in [0.2, 0.25) is 0 Å². The van der Waals surface area contributed by atoms with Crippen LogP contribution in [0.1, 0.15) is 36.1 Å². The third kappa shape index (κ3) is 2.99. The molecule has 0 unspecified atom stereocenters. The fourth-order valence-corrected chi connectivity index (χ4v) is 2.36. The van der Waals surface area contributed by atoms with Gasteiger partial charge in [-0.15, -0.1) is 12.6 Å². The largest absolute Gasteiger partial charge is 0.349 e. The Bertz CT molecular complexity index is 518. The number of hydrogen-bond donors (Lipinski definition) is 2. The molecule has 0 aliphatic carbocycles. The van der Waals surface area contributed by atoms with Crippen LogP contribution in [-0.2, 0) is 0 Å². The molecule has 0 saturated heterocycles. The van der Waals surface area contributed by atoms with E-state index in [1.807, 2.05) is 13.8 Å². The van der Waals surface area contributed by atoms with Crippen LogP contribution in [0.15, 0.2) is 23.2 Å². The van der Waals surface area contributed by atoms with E-state index in [0.717, 1.165) is 5.03 Å². The molecular weight excluding hydrogens is 238 g/mol. The lowest BCUT2D eigenvalue weighted by Crippen LogP contribution is -1.85. The molecule has 0 atom stereocenters. The molecule has 0 amide bonds. The van der Waals surface area contributed by atoms with Crippen molar-refractivity contribution in [3.8, 4) is 11.3 Å². The predicted molar refractivity (Wildman–Crippen MR) is 83.8 cm³/mol. The number of hydrogen-bond acceptors (Lipinski definition) is 1. The van der Waals surface area contributed by atoms with Crippen molar-refractivity contribution in [1.29, 1.82) is 0 Å². The highest BCUT2D eigenvalue weighted by molar-refractivity contribution is 7.80. The first-order valence-corrected chi connectivity index (χ1v) is 6.90. The average molecular weight is 261 g/mol. The lowest BCUT2D eigenvalue weighted by Gasteiger charge is -2.04. The van der Waals surface area contributed by atoms with Gasteiger partial charge in [-0.25, -0.2) is 0 Å². The molecule has 0 fully saturated rings. The molecule has 1 N–H and O–H groups in total. The molecule has 0 aliphatic rings. The van der Waals surface area contributed by atoms with Gasteiger partial charge >= 0.3 is 0 Å². The van der Waals surface area contributed by atoms with E-state index in [9.17, 15) is 0 Å². The maximum Gasteiger partial charge on any atom is 0.0727 e. The molecule has 0 radical (unpaired) electrons. The van der Waals surface area contributed by atoms with E-state index < -0.39 is 0 Å². The van der Waals surface area contributed by atoms with E-state index >= 15 is 0 Å². The molecule has 0 bridgehead atoms. The first-order valence-electron chi connectivity index (χ1n) is 6.46. The van der Waals surface area contributed by atoms with Gasteiger partial charge in [-0.3, -0.25) is 0 Å². The number of thiol groups is 1. The Labute approximate surface area is 116 Å². The van der Waals surface area contributed by atoms with Crippen LogP contribution in [-0.4, -0.2) is 4.98 Å². The van der Waals surface area contributed by atoms with Gasteiger partial charge in [0.15, 0.2) is 0 Å². The predicted octanol–water partition coefficient (Wildman–Crippen LogP) is 5.23. The van der Waals surface area contributed by atoms with Gasteiger partial charge in [-0.1, -0.05) is 31.0 Å².